The number of urea groups is 1. The van der Waals surface area contributed by atoms with Crippen LogP contribution in [0.3, 0.4) is 0 Å². The summed E-state index contributed by atoms with van der Waals surface area (Å²) in [4.78, 5) is 41.2. The highest BCUT2D eigenvalue weighted by Crippen LogP contribution is 2.46. The molecule has 0 aliphatic heterocycles. The zero-order valence-electron chi connectivity index (χ0n) is 23.7. The smallest absolute Gasteiger partial charge is 0.351 e. The first-order chi connectivity index (χ1) is 19.6. The Balaban J connectivity index is 1.65. The highest BCUT2D eigenvalue weighted by Gasteiger charge is 2.28. The fraction of sp³-hybridized carbons (Fsp3) is 0.433. The van der Waals surface area contributed by atoms with Gasteiger partial charge in [-0.05, 0) is 84.6 Å². The largest absolute Gasteiger partial charge is 0.479 e. The summed E-state index contributed by atoms with van der Waals surface area (Å²) in [6.45, 7) is 5.56. The fourth-order valence-electron chi connectivity index (χ4n) is 4.71. The molecule has 3 aromatic rings. The van der Waals surface area contributed by atoms with E-state index in [9.17, 15) is 14.4 Å². The summed E-state index contributed by atoms with van der Waals surface area (Å²) in [5.41, 5.74) is 1.63. The van der Waals surface area contributed by atoms with Gasteiger partial charge in [-0.25, -0.2) is 14.4 Å². The summed E-state index contributed by atoms with van der Waals surface area (Å²) in [5, 5.41) is 6.86. The number of thiophene rings is 2. The first-order valence-corrected chi connectivity index (χ1v) is 16.1. The maximum absolute atomic E-state index is 13.5. The van der Waals surface area contributed by atoms with Crippen molar-refractivity contribution in [3.05, 3.63) is 50.4 Å². The molecule has 1 aliphatic rings. The summed E-state index contributed by atoms with van der Waals surface area (Å²) in [6.07, 6.45) is 5.78. The zero-order valence-corrected chi connectivity index (χ0v) is 26.9. The number of hydrogen-bond donors (Lipinski definition) is 1. The van der Waals surface area contributed by atoms with Gasteiger partial charge in [0.1, 0.15) is 5.60 Å². The van der Waals surface area contributed by atoms with E-state index in [4.69, 9.17) is 14.2 Å². The molecular formula is C30H35BrN2O6S2. The van der Waals surface area contributed by atoms with Crippen molar-refractivity contribution in [1.82, 2.24) is 0 Å². The van der Waals surface area contributed by atoms with Gasteiger partial charge < -0.3 is 19.5 Å². The molecule has 41 heavy (non-hydrogen) atoms. The number of carbonyl (C=O) groups excluding carboxylic acids is 3. The molecule has 1 N–H and O–H groups in total. The number of nitrogens with zero attached hydrogens (tertiary/aromatic N) is 1. The minimum absolute atomic E-state index is 0.187. The van der Waals surface area contributed by atoms with Crippen molar-refractivity contribution in [2.24, 2.45) is 5.92 Å². The molecule has 0 atom stereocenters. The molecule has 1 fully saturated rings. The van der Waals surface area contributed by atoms with Crippen LogP contribution in [0.15, 0.2) is 45.6 Å². The minimum atomic E-state index is -0.664. The normalized spacial score (nSPS) is 13.9. The van der Waals surface area contributed by atoms with Crippen LogP contribution in [-0.2, 0) is 14.3 Å². The van der Waals surface area contributed by atoms with E-state index in [1.165, 1.54) is 49.0 Å². The lowest BCUT2D eigenvalue weighted by atomic mass is 9.89. The Bertz CT molecular complexity index is 1360. The SMILES string of the molecule is COC(=O)c1sc(-c2cccc(N(CC3CCCCC3)C(=O)Nc3ccsc3)c2)c(Br)c1OCC(=O)OC(C)(C)C. The molecule has 0 unspecified atom stereocenters. The molecular weight excluding hydrogens is 628 g/mol. The standard InChI is InChI=1S/C30H35BrN2O6S2/c1-30(2,3)39-23(34)17-38-25-24(31)26(41-27(25)28(35)37-4)20-11-8-12-22(15-20)33(16-19-9-6-5-7-10-19)29(36)32-21-13-14-40-18-21/h8,11-15,18-19H,5-7,9-10,16-17H2,1-4H3,(H,32,36). The molecule has 1 aliphatic carbocycles. The number of nitrogens with one attached hydrogen (secondary N) is 1. The third-order valence-electron chi connectivity index (χ3n) is 6.54. The van der Waals surface area contributed by atoms with Crippen LogP contribution in [0.2, 0.25) is 0 Å². The van der Waals surface area contributed by atoms with Crippen LogP contribution >= 0.6 is 38.6 Å². The van der Waals surface area contributed by atoms with Gasteiger partial charge in [-0.15, -0.1) is 11.3 Å². The molecule has 2 aromatic heterocycles. The number of hydrogen-bond acceptors (Lipinski definition) is 8. The van der Waals surface area contributed by atoms with Crippen molar-refractivity contribution < 1.29 is 28.6 Å². The van der Waals surface area contributed by atoms with Gasteiger partial charge in [0.2, 0.25) is 0 Å². The molecule has 2 heterocycles. The molecule has 0 radical (unpaired) electrons. The summed E-state index contributed by atoms with van der Waals surface area (Å²) >= 11 is 6.31. The van der Waals surface area contributed by atoms with Gasteiger partial charge in [0.25, 0.3) is 0 Å². The number of esters is 2. The van der Waals surface area contributed by atoms with E-state index in [-0.39, 0.29) is 23.3 Å². The minimum Gasteiger partial charge on any atom is -0.479 e. The Hall–Kier alpha value is -2.89. The van der Waals surface area contributed by atoms with Crippen molar-refractivity contribution in [1.29, 1.82) is 0 Å². The van der Waals surface area contributed by atoms with Crippen molar-refractivity contribution in [2.45, 2.75) is 58.5 Å². The number of benzene rings is 1. The molecule has 0 saturated heterocycles. The van der Waals surface area contributed by atoms with E-state index < -0.39 is 17.5 Å². The Morgan fingerprint density at radius 1 is 1.12 bits per heavy atom. The maximum Gasteiger partial charge on any atom is 0.351 e. The molecule has 0 bridgehead atoms. The van der Waals surface area contributed by atoms with Gasteiger partial charge >= 0.3 is 18.0 Å². The van der Waals surface area contributed by atoms with Crippen LogP contribution in [0.25, 0.3) is 10.4 Å². The Kier molecular flexibility index (Phi) is 10.5. The molecule has 220 valence electrons. The molecule has 1 aromatic carbocycles. The number of halogens is 1. The summed E-state index contributed by atoms with van der Waals surface area (Å²) < 4.78 is 16.6. The average molecular weight is 664 g/mol. The van der Waals surface area contributed by atoms with Crippen LogP contribution in [0.5, 0.6) is 5.75 Å². The van der Waals surface area contributed by atoms with E-state index in [0.29, 0.717) is 21.8 Å². The lowest BCUT2D eigenvalue weighted by molar-refractivity contribution is -0.157. The Labute approximate surface area is 257 Å². The van der Waals surface area contributed by atoms with Gasteiger partial charge in [-0.3, -0.25) is 4.90 Å². The lowest BCUT2D eigenvalue weighted by Gasteiger charge is -2.30. The average Bonchev–Trinajstić information content (AvgIpc) is 3.57. The monoisotopic (exact) mass is 662 g/mol. The molecule has 0 spiro atoms. The van der Waals surface area contributed by atoms with E-state index in [1.54, 1.807) is 25.7 Å². The summed E-state index contributed by atoms with van der Waals surface area (Å²) in [6, 6.07) is 9.35. The van der Waals surface area contributed by atoms with E-state index in [0.717, 1.165) is 29.8 Å². The van der Waals surface area contributed by atoms with Crippen LogP contribution < -0.4 is 15.0 Å². The van der Waals surface area contributed by atoms with Crippen molar-refractivity contribution in [3.8, 4) is 16.2 Å². The number of rotatable bonds is 9. The van der Waals surface area contributed by atoms with E-state index in [1.807, 2.05) is 41.1 Å². The van der Waals surface area contributed by atoms with Crippen molar-refractivity contribution >= 4 is 67.9 Å². The summed E-state index contributed by atoms with van der Waals surface area (Å²) in [5.74, 6) is -0.494. The topological polar surface area (TPSA) is 94.2 Å². The first-order valence-electron chi connectivity index (χ1n) is 13.5. The number of ether oxygens (including phenoxy) is 3. The number of anilines is 2. The van der Waals surface area contributed by atoms with Crippen LogP contribution in [0, 0.1) is 5.92 Å². The second-order valence-electron chi connectivity index (χ2n) is 10.9. The second-order valence-corrected chi connectivity index (χ2v) is 13.5. The van der Waals surface area contributed by atoms with Crippen molar-refractivity contribution in [2.75, 3.05) is 30.5 Å². The van der Waals surface area contributed by atoms with Crippen LogP contribution in [0.4, 0.5) is 16.2 Å². The summed E-state index contributed by atoms with van der Waals surface area (Å²) in [7, 11) is 1.29. The van der Waals surface area contributed by atoms with Crippen LogP contribution in [0.1, 0.15) is 62.5 Å². The first kappa shape index (κ1) is 31.1. The highest BCUT2D eigenvalue weighted by atomic mass is 79.9. The lowest BCUT2D eigenvalue weighted by Crippen LogP contribution is -2.39. The molecule has 11 heteroatoms. The molecule has 8 nitrogen and oxygen atoms in total. The van der Waals surface area contributed by atoms with E-state index in [2.05, 4.69) is 21.2 Å². The van der Waals surface area contributed by atoms with Gasteiger partial charge in [0.15, 0.2) is 17.2 Å². The van der Waals surface area contributed by atoms with Crippen LogP contribution in [-0.4, -0.2) is 43.8 Å². The quantitative estimate of drug-likeness (QED) is 0.231. The third-order valence-corrected chi connectivity index (χ3v) is 9.44. The number of carbonyl (C=O) groups is 3. The fourth-order valence-corrected chi connectivity index (χ4v) is 7.27. The molecule has 2 amide bonds. The van der Waals surface area contributed by atoms with Gasteiger partial charge in [0.05, 0.1) is 22.1 Å². The maximum atomic E-state index is 13.5. The zero-order chi connectivity index (χ0) is 29.6. The Morgan fingerprint density at radius 3 is 2.54 bits per heavy atom. The molecule has 1 saturated carbocycles. The molecule has 4 rings (SSSR count). The van der Waals surface area contributed by atoms with E-state index >= 15 is 0 Å². The predicted molar refractivity (Wildman–Crippen MR) is 167 cm³/mol. The third kappa shape index (κ3) is 8.33. The number of methoxy groups -OCH3 is 1. The number of amides is 2. The van der Waals surface area contributed by atoms with Gasteiger partial charge in [0, 0.05) is 17.6 Å². The van der Waals surface area contributed by atoms with Gasteiger partial charge in [-0.1, -0.05) is 31.4 Å². The highest BCUT2D eigenvalue weighted by molar-refractivity contribution is 9.10. The Morgan fingerprint density at radius 2 is 1.88 bits per heavy atom. The predicted octanol–water partition coefficient (Wildman–Crippen LogP) is 8.37. The second kappa shape index (κ2) is 13.8. The van der Waals surface area contributed by atoms with Crippen molar-refractivity contribution in [3.63, 3.8) is 0 Å². The van der Waals surface area contributed by atoms with Gasteiger partial charge in [-0.2, -0.15) is 11.3 Å².